The summed E-state index contributed by atoms with van der Waals surface area (Å²) in [5, 5.41) is 14.1. The number of nitrogens with one attached hydrogen (secondary N) is 1. The molecule has 5 nitrogen and oxygen atoms in total. The van der Waals surface area contributed by atoms with E-state index in [0.717, 1.165) is 28.0 Å². The third kappa shape index (κ3) is 5.24. The predicted molar refractivity (Wildman–Crippen MR) is 102 cm³/mol. The Morgan fingerprint density at radius 3 is 2.65 bits per heavy atom. The Balaban J connectivity index is 2.10. The van der Waals surface area contributed by atoms with Crippen molar-refractivity contribution in [2.45, 2.75) is 23.6 Å². The van der Waals surface area contributed by atoms with Gasteiger partial charge < -0.3 is 10.1 Å². The van der Waals surface area contributed by atoms with Gasteiger partial charge in [0.2, 0.25) is 5.91 Å². The Labute approximate surface area is 162 Å². The maximum absolute atomic E-state index is 12.9. The zero-order chi connectivity index (χ0) is 19.1. The molecular formula is C17H15FN2O3S3. The summed E-state index contributed by atoms with van der Waals surface area (Å²) in [4.78, 5) is 25.9. The Hall–Kier alpha value is -2.02. The van der Waals surface area contributed by atoms with E-state index in [-0.39, 0.29) is 24.1 Å². The smallest absolute Gasteiger partial charge is 0.348 e. The molecule has 0 radical (unpaired) electrons. The van der Waals surface area contributed by atoms with Crippen molar-refractivity contribution >= 4 is 51.7 Å². The monoisotopic (exact) mass is 410 g/mol. The molecule has 1 N–H and O–H groups in total. The number of carbonyl (C=O) groups excluding carboxylic acids is 2. The minimum absolute atomic E-state index is 0.119. The van der Waals surface area contributed by atoms with E-state index in [2.05, 4.69) is 5.32 Å². The lowest BCUT2D eigenvalue weighted by atomic mass is 10.3. The van der Waals surface area contributed by atoms with Crippen molar-refractivity contribution in [3.05, 3.63) is 40.5 Å². The molecule has 9 heteroatoms. The number of nitriles is 1. The molecule has 0 saturated carbocycles. The molecule has 0 aliphatic rings. The molecular weight excluding hydrogens is 395 g/mol. The van der Waals surface area contributed by atoms with Gasteiger partial charge in [-0.05, 0) is 55.4 Å². The molecule has 136 valence electrons. The third-order valence-corrected chi connectivity index (χ3v) is 6.27. The lowest BCUT2D eigenvalue weighted by molar-refractivity contribution is -0.113. The molecule has 0 spiro atoms. The van der Waals surface area contributed by atoms with Crippen LogP contribution in [0.3, 0.4) is 0 Å². The molecule has 1 aromatic carbocycles. The van der Waals surface area contributed by atoms with Crippen LogP contribution in [0.15, 0.2) is 34.1 Å². The Bertz CT molecular complexity index is 844. The van der Waals surface area contributed by atoms with Crippen LogP contribution in [-0.2, 0) is 9.53 Å². The van der Waals surface area contributed by atoms with Crippen LogP contribution >= 0.6 is 34.9 Å². The summed E-state index contributed by atoms with van der Waals surface area (Å²) in [5.41, 5.74) is 0.612. The van der Waals surface area contributed by atoms with Gasteiger partial charge in [0.05, 0.1) is 17.3 Å². The first-order valence-corrected chi connectivity index (χ1v) is 10.1. The lowest BCUT2D eigenvalue weighted by Crippen LogP contribution is -2.13. The summed E-state index contributed by atoms with van der Waals surface area (Å²) in [6, 6.07) is 5.85. The molecule has 0 bridgehead atoms. The van der Waals surface area contributed by atoms with Gasteiger partial charge in [0, 0.05) is 4.90 Å². The number of thioether (sulfide) groups is 2. The van der Waals surface area contributed by atoms with Crippen LogP contribution in [0.5, 0.6) is 0 Å². The number of hydrogen-bond donors (Lipinski definition) is 1. The number of amides is 1. The van der Waals surface area contributed by atoms with Gasteiger partial charge in [-0.15, -0.1) is 23.1 Å². The molecule has 0 unspecified atom stereocenters. The number of nitrogens with zero attached hydrogens (tertiary/aromatic N) is 1. The van der Waals surface area contributed by atoms with Crippen LogP contribution in [0.1, 0.15) is 22.2 Å². The van der Waals surface area contributed by atoms with Gasteiger partial charge in [-0.1, -0.05) is 0 Å². The van der Waals surface area contributed by atoms with E-state index in [9.17, 15) is 14.0 Å². The van der Waals surface area contributed by atoms with Crippen LogP contribution < -0.4 is 5.32 Å². The average Bonchev–Trinajstić information content (AvgIpc) is 2.91. The van der Waals surface area contributed by atoms with Crippen molar-refractivity contribution in [3.63, 3.8) is 0 Å². The summed E-state index contributed by atoms with van der Waals surface area (Å²) in [6.45, 7) is 3.67. The van der Waals surface area contributed by atoms with E-state index >= 15 is 0 Å². The second-order valence-corrected chi connectivity index (χ2v) is 7.78. The quantitative estimate of drug-likeness (QED) is 0.406. The number of rotatable bonds is 7. The lowest BCUT2D eigenvalue weighted by Gasteiger charge is -2.05. The van der Waals surface area contributed by atoms with Crippen molar-refractivity contribution in [1.82, 2.24) is 0 Å². The van der Waals surface area contributed by atoms with E-state index in [0.29, 0.717) is 20.3 Å². The van der Waals surface area contributed by atoms with Crippen molar-refractivity contribution in [2.75, 3.05) is 17.7 Å². The van der Waals surface area contributed by atoms with E-state index in [1.165, 1.54) is 23.9 Å². The van der Waals surface area contributed by atoms with Gasteiger partial charge in [-0.25, -0.2) is 9.18 Å². The second-order valence-electron chi connectivity index (χ2n) is 4.92. The highest BCUT2D eigenvalue weighted by Crippen LogP contribution is 2.40. The number of esters is 1. The molecule has 26 heavy (non-hydrogen) atoms. The molecule has 0 fully saturated rings. The number of thiophene rings is 1. The van der Waals surface area contributed by atoms with Crippen LogP contribution in [0, 0.1) is 23.4 Å². The average molecular weight is 411 g/mol. The summed E-state index contributed by atoms with van der Waals surface area (Å²) in [6.07, 6.45) is 0. The third-order valence-electron chi connectivity index (χ3n) is 3.14. The summed E-state index contributed by atoms with van der Waals surface area (Å²) in [5.74, 6) is -0.974. The molecule has 0 saturated heterocycles. The van der Waals surface area contributed by atoms with Gasteiger partial charge in [-0.3, -0.25) is 4.79 Å². The Kier molecular flexibility index (Phi) is 7.50. The minimum atomic E-state index is -0.476. The van der Waals surface area contributed by atoms with Crippen LogP contribution in [0.2, 0.25) is 0 Å². The van der Waals surface area contributed by atoms with E-state index in [4.69, 9.17) is 10.00 Å². The standard InChI is InChI=1S/C17H15FN2O3S3/c1-3-23-17(22)15-10(2)14(25-9-19)16(26-15)20-13(21)8-24-12-6-4-11(18)5-7-12/h4-7H,3,8H2,1-2H3,(H,20,21). The largest absolute Gasteiger partial charge is 0.462 e. The van der Waals surface area contributed by atoms with E-state index in [1.54, 1.807) is 26.0 Å². The number of halogens is 1. The van der Waals surface area contributed by atoms with E-state index < -0.39 is 5.97 Å². The van der Waals surface area contributed by atoms with Crippen molar-refractivity contribution in [3.8, 4) is 5.40 Å². The molecule has 1 aromatic heterocycles. The summed E-state index contributed by atoms with van der Waals surface area (Å²) >= 11 is 3.24. The number of ether oxygens (including phenoxy) is 1. The fourth-order valence-electron chi connectivity index (χ4n) is 1.98. The number of benzene rings is 1. The Morgan fingerprint density at radius 1 is 1.35 bits per heavy atom. The van der Waals surface area contributed by atoms with Crippen molar-refractivity contribution in [2.24, 2.45) is 0 Å². The van der Waals surface area contributed by atoms with Crippen LogP contribution in [-0.4, -0.2) is 24.2 Å². The maximum Gasteiger partial charge on any atom is 0.348 e. The van der Waals surface area contributed by atoms with Crippen LogP contribution in [0.4, 0.5) is 9.39 Å². The first-order valence-electron chi connectivity index (χ1n) is 7.50. The summed E-state index contributed by atoms with van der Waals surface area (Å²) < 4.78 is 17.9. The predicted octanol–water partition coefficient (Wildman–Crippen LogP) is 4.68. The SMILES string of the molecule is CCOC(=O)c1sc(NC(=O)CSc2ccc(F)cc2)c(SC#N)c1C. The van der Waals surface area contributed by atoms with Gasteiger partial charge in [0.1, 0.15) is 21.1 Å². The first-order chi connectivity index (χ1) is 12.5. The normalized spacial score (nSPS) is 10.2. The molecule has 0 aliphatic carbocycles. The fraction of sp³-hybridized carbons (Fsp3) is 0.235. The second kappa shape index (κ2) is 9.62. The van der Waals surface area contributed by atoms with Gasteiger partial charge in [-0.2, -0.15) is 5.26 Å². The summed E-state index contributed by atoms with van der Waals surface area (Å²) in [7, 11) is 0. The molecule has 2 aromatic rings. The number of anilines is 1. The van der Waals surface area contributed by atoms with Gasteiger partial charge >= 0.3 is 5.97 Å². The van der Waals surface area contributed by atoms with Crippen molar-refractivity contribution in [1.29, 1.82) is 5.26 Å². The molecule has 0 atom stereocenters. The minimum Gasteiger partial charge on any atom is -0.462 e. The highest BCUT2D eigenvalue weighted by molar-refractivity contribution is 8.04. The van der Waals surface area contributed by atoms with Crippen LogP contribution in [0.25, 0.3) is 0 Å². The first kappa shape index (κ1) is 20.3. The zero-order valence-electron chi connectivity index (χ0n) is 14.0. The van der Waals surface area contributed by atoms with Gasteiger partial charge in [0.25, 0.3) is 0 Å². The fourth-order valence-corrected chi connectivity index (χ4v) is 4.50. The number of hydrogen-bond acceptors (Lipinski definition) is 7. The number of carbonyl (C=O) groups is 2. The number of thiocyanates is 1. The highest BCUT2D eigenvalue weighted by atomic mass is 32.2. The Morgan fingerprint density at radius 2 is 2.04 bits per heavy atom. The zero-order valence-corrected chi connectivity index (χ0v) is 16.4. The molecule has 2 rings (SSSR count). The highest BCUT2D eigenvalue weighted by Gasteiger charge is 2.22. The topological polar surface area (TPSA) is 79.2 Å². The molecule has 0 aliphatic heterocycles. The molecule has 1 heterocycles. The molecule has 1 amide bonds. The maximum atomic E-state index is 12.9. The van der Waals surface area contributed by atoms with Gasteiger partial charge in [0.15, 0.2) is 0 Å². The van der Waals surface area contributed by atoms with E-state index in [1.807, 2.05) is 5.40 Å². The van der Waals surface area contributed by atoms with Crippen molar-refractivity contribution < 1.29 is 18.7 Å².